The first-order valence-electron chi connectivity index (χ1n) is 8.47. The number of fused-ring (bicyclic) bond motifs is 1. The molecule has 25 heavy (non-hydrogen) atoms. The minimum Gasteiger partial charge on any atom is -0.386 e. The topological polar surface area (TPSA) is 58.4 Å². The van der Waals surface area contributed by atoms with Crippen LogP contribution in [0, 0.1) is 17.6 Å². The lowest BCUT2D eigenvalue weighted by atomic mass is 10.1. The molecule has 2 aliphatic rings. The highest BCUT2D eigenvalue weighted by atomic mass is 19.1. The van der Waals surface area contributed by atoms with Crippen LogP contribution in [0.25, 0.3) is 0 Å². The van der Waals surface area contributed by atoms with Gasteiger partial charge in [0, 0.05) is 12.6 Å². The summed E-state index contributed by atoms with van der Waals surface area (Å²) in [5, 5.41) is 14.6. The second-order valence-corrected chi connectivity index (χ2v) is 6.84. The Balaban J connectivity index is 1.45. The summed E-state index contributed by atoms with van der Waals surface area (Å²) in [4.78, 5) is 14.1. The zero-order valence-electron chi connectivity index (χ0n) is 13.7. The van der Waals surface area contributed by atoms with Crippen LogP contribution in [0.3, 0.4) is 0 Å². The Labute approximate surface area is 143 Å². The van der Waals surface area contributed by atoms with Gasteiger partial charge in [-0.3, -0.25) is 9.48 Å². The van der Waals surface area contributed by atoms with E-state index in [4.69, 9.17) is 0 Å². The highest BCUT2D eigenvalue weighted by Crippen LogP contribution is 2.40. The molecule has 1 aliphatic heterocycles. The fourth-order valence-electron chi connectivity index (χ4n) is 3.30. The zero-order chi connectivity index (χ0) is 17.6. The predicted molar refractivity (Wildman–Crippen MR) is 85.4 cm³/mol. The zero-order valence-corrected chi connectivity index (χ0v) is 13.7. The maximum absolute atomic E-state index is 13.3. The van der Waals surface area contributed by atoms with Crippen LogP contribution >= 0.6 is 0 Å². The number of amides is 1. The van der Waals surface area contributed by atoms with E-state index in [1.165, 1.54) is 12.1 Å². The summed E-state index contributed by atoms with van der Waals surface area (Å²) in [6, 6.07) is 5.00. The summed E-state index contributed by atoms with van der Waals surface area (Å²) < 4.78 is 28.4. The summed E-state index contributed by atoms with van der Waals surface area (Å²) in [6.07, 6.45) is 1.48. The first-order valence-corrected chi connectivity index (χ1v) is 8.47. The number of aromatic nitrogens is 2. The average Bonchev–Trinajstić information content (AvgIpc) is 3.31. The molecule has 1 amide bonds. The molecule has 0 bridgehead atoms. The number of aliphatic hydroxyl groups is 1. The van der Waals surface area contributed by atoms with E-state index in [0.717, 1.165) is 24.6 Å². The van der Waals surface area contributed by atoms with Crippen LogP contribution in [0.2, 0.25) is 0 Å². The van der Waals surface area contributed by atoms with E-state index in [9.17, 15) is 18.7 Å². The van der Waals surface area contributed by atoms with Crippen molar-refractivity contribution in [3.63, 3.8) is 0 Å². The van der Waals surface area contributed by atoms with Gasteiger partial charge >= 0.3 is 0 Å². The Morgan fingerprint density at radius 1 is 1.20 bits per heavy atom. The fourth-order valence-corrected chi connectivity index (χ4v) is 3.30. The molecule has 0 unspecified atom stereocenters. The minimum absolute atomic E-state index is 0.0413. The number of carbonyl (C=O) groups is 1. The Kier molecular flexibility index (Phi) is 4.03. The monoisotopic (exact) mass is 347 g/mol. The molecule has 0 radical (unpaired) electrons. The second kappa shape index (κ2) is 6.22. The SMILES string of the molecule is O=C(Cc1cc(F)cc(F)c1)N1CCn2nc([C@@H](O)C3CC3)cc2C1. The normalized spacial score (nSPS) is 18.1. The van der Waals surface area contributed by atoms with Crippen LogP contribution in [-0.4, -0.2) is 32.2 Å². The van der Waals surface area contributed by atoms with Crippen molar-refractivity contribution in [2.75, 3.05) is 6.54 Å². The largest absolute Gasteiger partial charge is 0.386 e. The van der Waals surface area contributed by atoms with E-state index in [-0.39, 0.29) is 12.3 Å². The lowest BCUT2D eigenvalue weighted by molar-refractivity contribution is -0.132. The van der Waals surface area contributed by atoms with Crippen molar-refractivity contribution in [3.8, 4) is 0 Å². The van der Waals surface area contributed by atoms with Gasteiger partial charge in [0.25, 0.3) is 0 Å². The van der Waals surface area contributed by atoms with Gasteiger partial charge in [0.05, 0.1) is 30.9 Å². The van der Waals surface area contributed by atoms with E-state index in [1.54, 1.807) is 4.90 Å². The van der Waals surface area contributed by atoms with Gasteiger partial charge in [-0.25, -0.2) is 8.78 Å². The van der Waals surface area contributed by atoms with Gasteiger partial charge in [-0.1, -0.05) is 0 Å². The quantitative estimate of drug-likeness (QED) is 0.922. The van der Waals surface area contributed by atoms with E-state index in [2.05, 4.69) is 5.10 Å². The van der Waals surface area contributed by atoms with Crippen LogP contribution in [0.4, 0.5) is 8.78 Å². The lowest BCUT2D eigenvalue weighted by Gasteiger charge is -2.27. The first-order chi connectivity index (χ1) is 12.0. The number of halogens is 2. The molecule has 1 N–H and O–H groups in total. The Morgan fingerprint density at radius 2 is 1.92 bits per heavy atom. The van der Waals surface area contributed by atoms with Crippen molar-refractivity contribution in [1.29, 1.82) is 0 Å². The van der Waals surface area contributed by atoms with Gasteiger partial charge in [0.2, 0.25) is 5.91 Å². The minimum atomic E-state index is -0.682. The number of nitrogens with zero attached hydrogens (tertiary/aromatic N) is 3. The Hall–Kier alpha value is -2.28. The summed E-state index contributed by atoms with van der Waals surface area (Å²) in [6.45, 7) is 1.43. The number of hydrogen-bond acceptors (Lipinski definition) is 3. The molecule has 2 heterocycles. The molecule has 5 nitrogen and oxygen atoms in total. The molecular formula is C18H19F2N3O2. The van der Waals surface area contributed by atoms with E-state index in [1.807, 2.05) is 10.7 Å². The lowest BCUT2D eigenvalue weighted by Crippen LogP contribution is -2.39. The van der Waals surface area contributed by atoms with Gasteiger partial charge in [-0.05, 0) is 42.5 Å². The average molecular weight is 347 g/mol. The number of benzene rings is 1. The van der Waals surface area contributed by atoms with E-state index in [0.29, 0.717) is 36.8 Å². The van der Waals surface area contributed by atoms with Crippen molar-refractivity contribution < 1.29 is 18.7 Å². The van der Waals surface area contributed by atoms with Crippen LogP contribution in [0.15, 0.2) is 24.3 Å². The number of hydrogen-bond donors (Lipinski definition) is 1. The van der Waals surface area contributed by atoms with Crippen molar-refractivity contribution in [2.45, 2.75) is 38.5 Å². The number of carbonyl (C=O) groups excluding carboxylic acids is 1. The van der Waals surface area contributed by atoms with Gasteiger partial charge in [0.15, 0.2) is 0 Å². The first kappa shape index (κ1) is 16.2. The van der Waals surface area contributed by atoms with Gasteiger partial charge in [0.1, 0.15) is 17.7 Å². The van der Waals surface area contributed by atoms with Crippen molar-refractivity contribution in [1.82, 2.24) is 14.7 Å². The predicted octanol–water partition coefficient (Wildman–Crippen LogP) is 2.19. The third kappa shape index (κ3) is 3.42. The smallest absolute Gasteiger partial charge is 0.227 e. The highest BCUT2D eigenvalue weighted by Gasteiger charge is 2.33. The molecule has 1 saturated carbocycles. The molecule has 2 aromatic rings. The number of rotatable bonds is 4. The van der Waals surface area contributed by atoms with Crippen molar-refractivity contribution in [2.24, 2.45) is 5.92 Å². The molecule has 1 aliphatic carbocycles. The standard InChI is InChI=1S/C18H19F2N3O2/c19-13-5-11(6-14(20)8-13)7-17(24)22-3-4-23-15(10-22)9-16(21-23)18(25)12-1-2-12/h5-6,8-9,12,18,25H,1-4,7,10H2/t18-/m0/s1. The van der Waals surface area contributed by atoms with Crippen LogP contribution in [0.1, 0.15) is 35.9 Å². The van der Waals surface area contributed by atoms with Crippen molar-refractivity contribution in [3.05, 3.63) is 52.9 Å². The van der Waals surface area contributed by atoms with Crippen molar-refractivity contribution >= 4 is 5.91 Å². The third-order valence-electron chi connectivity index (χ3n) is 4.82. The molecular weight excluding hydrogens is 328 g/mol. The fraction of sp³-hybridized carbons (Fsp3) is 0.444. The van der Waals surface area contributed by atoms with Gasteiger partial charge < -0.3 is 10.0 Å². The molecule has 0 spiro atoms. The Bertz CT molecular complexity index is 796. The van der Waals surface area contributed by atoms with Gasteiger partial charge in [-0.2, -0.15) is 5.10 Å². The molecule has 1 fully saturated rings. The maximum atomic E-state index is 13.3. The summed E-state index contributed by atoms with van der Waals surface area (Å²) in [5.74, 6) is -1.24. The third-order valence-corrected chi connectivity index (χ3v) is 4.82. The van der Waals surface area contributed by atoms with E-state index < -0.39 is 17.7 Å². The molecule has 1 aromatic carbocycles. The molecule has 7 heteroatoms. The van der Waals surface area contributed by atoms with E-state index >= 15 is 0 Å². The molecule has 1 atom stereocenters. The molecule has 132 valence electrons. The van der Waals surface area contributed by atoms with Crippen LogP contribution < -0.4 is 0 Å². The van der Waals surface area contributed by atoms with Gasteiger partial charge in [-0.15, -0.1) is 0 Å². The molecule has 1 aromatic heterocycles. The Morgan fingerprint density at radius 3 is 2.60 bits per heavy atom. The summed E-state index contributed by atoms with van der Waals surface area (Å²) in [7, 11) is 0. The maximum Gasteiger partial charge on any atom is 0.227 e. The molecule has 4 rings (SSSR count). The van der Waals surface area contributed by atoms with Crippen LogP contribution in [-0.2, 0) is 24.3 Å². The second-order valence-electron chi connectivity index (χ2n) is 6.84. The molecule has 0 saturated heterocycles. The summed E-state index contributed by atoms with van der Waals surface area (Å²) >= 11 is 0. The summed E-state index contributed by atoms with van der Waals surface area (Å²) in [5.41, 5.74) is 1.87. The number of aliphatic hydroxyl groups excluding tert-OH is 1. The van der Waals surface area contributed by atoms with Crippen LogP contribution in [0.5, 0.6) is 0 Å². The highest BCUT2D eigenvalue weighted by molar-refractivity contribution is 5.78.